The number of thiophene rings is 1. The van der Waals surface area contributed by atoms with Crippen molar-refractivity contribution in [2.45, 2.75) is 6.17 Å². The number of hydrogen-bond acceptors (Lipinski definition) is 3. The molecular formula is C5H7ClN2S. The fourth-order valence-electron chi connectivity index (χ4n) is 0.507. The Morgan fingerprint density at radius 3 is 2.33 bits per heavy atom. The zero-order valence-corrected chi connectivity index (χ0v) is 6.25. The van der Waals surface area contributed by atoms with Gasteiger partial charge in [-0.2, -0.15) is 0 Å². The van der Waals surface area contributed by atoms with Crippen LogP contribution in [0.5, 0.6) is 0 Å². The first kappa shape index (κ1) is 7.02. The first-order chi connectivity index (χ1) is 4.20. The Bertz CT molecular complexity index is 197. The summed E-state index contributed by atoms with van der Waals surface area (Å²) in [5, 5.41) is 0. The highest BCUT2D eigenvalue weighted by Gasteiger charge is 2.01. The highest BCUT2D eigenvalue weighted by Crippen LogP contribution is 2.23. The van der Waals surface area contributed by atoms with Crippen LogP contribution in [0, 0.1) is 0 Å². The molecule has 9 heavy (non-hydrogen) atoms. The second kappa shape index (κ2) is 2.66. The summed E-state index contributed by atoms with van der Waals surface area (Å²) in [6.45, 7) is 0. The Kier molecular flexibility index (Phi) is 2.08. The van der Waals surface area contributed by atoms with Gasteiger partial charge in [-0.05, 0) is 12.1 Å². The van der Waals surface area contributed by atoms with Crippen molar-refractivity contribution >= 4 is 22.9 Å². The lowest BCUT2D eigenvalue weighted by molar-refractivity contribution is 0.792. The fraction of sp³-hybridized carbons (Fsp3) is 0.200. The van der Waals surface area contributed by atoms with E-state index in [1.807, 2.05) is 6.07 Å². The highest BCUT2D eigenvalue weighted by molar-refractivity contribution is 7.16. The minimum atomic E-state index is -0.387. The minimum Gasteiger partial charge on any atom is -0.312 e. The number of rotatable bonds is 1. The SMILES string of the molecule is NC(N)c1ccc(Cl)s1. The van der Waals surface area contributed by atoms with E-state index >= 15 is 0 Å². The molecule has 0 saturated heterocycles. The maximum absolute atomic E-state index is 5.61. The van der Waals surface area contributed by atoms with Crippen LogP contribution in [0.2, 0.25) is 4.34 Å². The average Bonchev–Trinajstić information content (AvgIpc) is 2.14. The molecule has 0 bridgehead atoms. The van der Waals surface area contributed by atoms with Crippen molar-refractivity contribution in [1.82, 2.24) is 0 Å². The van der Waals surface area contributed by atoms with Gasteiger partial charge < -0.3 is 11.5 Å². The van der Waals surface area contributed by atoms with E-state index in [0.717, 1.165) is 9.21 Å². The Hall–Kier alpha value is -0.0900. The van der Waals surface area contributed by atoms with E-state index < -0.39 is 0 Å². The van der Waals surface area contributed by atoms with E-state index in [0.29, 0.717) is 0 Å². The molecule has 0 amide bonds. The number of halogens is 1. The zero-order valence-electron chi connectivity index (χ0n) is 4.67. The molecule has 1 rings (SSSR count). The molecule has 0 radical (unpaired) electrons. The van der Waals surface area contributed by atoms with E-state index in [2.05, 4.69) is 0 Å². The van der Waals surface area contributed by atoms with E-state index in [4.69, 9.17) is 23.1 Å². The normalized spacial score (nSPS) is 10.7. The molecule has 4 N–H and O–H groups in total. The third-order valence-electron chi connectivity index (χ3n) is 0.923. The fourth-order valence-corrected chi connectivity index (χ4v) is 1.47. The summed E-state index contributed by atoms with van der Waals surface area (Å²) >= 11 is 7.02. The summed E-state index contributed by atoms with van der Waals surface area (Å²) < 4.78 is 0.728. The van der Waals surface area contributed by atoms with Crippen molar-refractivity contribution in [2.24, 2.45) is 11.5 Å². The van der Waals surface area contributed by atoms with Gasteiger partial charge in [0.2, 0.25) is 0 Å². The van der Waals surface area contributed by atoms with Gasteiger partial charge in [-0.1, -0.05) is 11.6 Å². The van der Waals surface area contributed by atoms with Crippen molar-refractivity contribution in [3.63, 3.8) is 0 Å². The van der Waals surface area contributed by atoms with Gasteiger partial charge in [0.05, 0.1) is 10.5 Å². The van der Waals surface area contributed by atoms with Crippen molar-refractivity contribution in [3.05, 3.63) is 21.3 Å². The Morgan fingerprint density at radius 1 is 1.44 bits per heavy atom. The number of hydrogen-bond donors (Lipinski definition) is 2. The van der Waals surface area contributed by atoms with Crippen LogP contribution < -0.4 is 11.5 Å². The summed E-state index contributed by atoms with van der Waals surface area (Å²) in [4.78, 5) is 0.917. The van der Waals surface area contributed by atoms with Gasteiger partial charge >= 0.3 is 0 Å². The van der Waals surface area contributed by atoms with Crippen LogP contribution in [0.3, 0.4) is 0 Å². The van der Waals surface area contributed by atoms with E-state index in [-0.39, 0.29) is 6.17 Å². The van der Waals surface area contributed by atoms with Crippen LogP contribution in [0.15, 0.2) is 12.1 Å². The average molecular weight is 163 g/mol. The van der Waals surface area contributed by atoms with Crippen molar-refractivity contribution in [3.8, 4) is 0 Å². The third kappa shape index (κ3) is 1.66. The maximum Gasteiger partial charge on any atom is 0.0932 e. The van der Waals surface area contributed by atoms with E-state index in [1.54, 1.807) is 6.07 Å². The van der Waals surface area contributed by atoms with Gasteiger partial charge in [0.15, 0.2) is 0 Å². The molecule has 1 aromatic rings. The first-order valence-corrected chi connectivity index (χ1v) is 3.66. The van der Waals surface area contributed by atoms with Gasteiger partial charge in [-0.25, -0.2) is 0 Å². The molecule has 0 aliphatic carbocycles. The van der Waals surface area contributed by atoms with Crippen molar-refractivity contribution in [2.75, 3.05) is 0 Å². The van der Waals surface area contributed by atoms with Gasteiger partial charge in [0, 0.05) is 4.88 Å². The number of nitrogens with two attached hydrogens (primary N) is 2. The van der Waals surface area contributed by atoms with E-state index in [9.17, 15) is 0 Å². The molecule has 0 aliphatic rings. The van der Waals surface area contributed by atoms with Crippen LogP contribution in [0.25, 0.3) is 0 Å². The summed E-state index contributed by atoms with van der Waals surface area (Å²) in [7, 11) is 0. The molecule has 0 aromatic carbocycles. The largest absolute Gasteiger partial charge is 0.312 e. The molecular weight excluding hydrogens is 156 g/mol. The summed E-state index contributed by atoms with van der Waals surface area (Å²) in [6.07, 6.45) is -0.387. The van der Waals surface area contributed by atoms with Gasteiger partial charge in [0.1, 0.15) is 0 Å². The third-order valence-corrected chi connectivity index (χ3v) is 2.25. The predicted molar refractivity (Wildman–Crippen MR) is 40.4 cm³/mol. The summed E-state index contributed by atoms with van der Waals surface area (Å²) in [5.41, 5.74) is 10.7. The second-order valence-corrected chi connectivity index (χ2v) is 3.41. The lowest BCUT2D eigenvalue weighted by atomic mass is 10.4. The summed E-state index contributed by atoms with van der Waals surface area (Å²) in [6, 6.07) is 3.62. The van der Waals surface area contributed by atoms with Crippen LogP contribution >= 0.6 is 22.9 Å². The molecule has 0 saturated carbocycles. The molecule has 4 heteroatoms. The quantitative estimate of drug-likeness (QED) is 0.612. The molecule has 0 unspecified atom stereocenters. The van der Waals surface area contributed by atoms with Crippen LogP contribution in [-0.4, -0.2) is 0 Å². The molecule has 0 atom stereocenters. The van der Waals surface area contributed by atoms with Crippen molar-refractivity contribution in [1.29, 1.82) is 0 Å². The molecule has 0 fully saturated rings. The Balaban J connectivity index is 2.85. The van der Waals surface area contributed by atoms with Crippen LogP contribution in [0.4, 0.5) is 0 Å². The van der Waals surface area contributed by atoms with Crippen molar-refractivity contribution < 1.29 is 0 Å². The van der Waals surface area contributed by atoms with Crippen LogP contribution in [-0.2, 0) is 0 Å². The molecule has 2 nitrogen and oxygen atoms in total. The molecule has 0 spiro atoms. The van der Waals surface area contributed by atoms with Gasteiger partial charge in [-0.3, -0.25) is 0 Å². The minimum absolute atomic E-state index is 0.387. The zero-order chi connectivity index (χ0) is 6.85. The maximum atomic E-state index is 5.61. The summed E-state index contributed by atoms with van der Waals surface area (Å²) in [5.74, 6) is 0. The predicted octanol–water partition coefficient (Wildman–Crippen LogP) is 1.32. The molecule has 1 heterocycles. The first-order valence-electron chi connectivity index (χ1n) is 2.46. The lowest BCUT2D eigenvalue weighted by Crippen LogP contribution is -2.18. The molecule has 1 aromatic heterocycles. The van der Waals surface area contributed by atoms with Gasteiger partial charge in [0.25, 0.3) is 0 Å². The van der Waals surface area contributed by atoms with E-state index in [1.165, 1.54) is 11.3 Å². The monoisotopic (exact) mass is 162 g/mol. The standard InChI is InChI=1S/C5H7ClN2S/c6-4-2-1-3(9-4)5(7)8/h1-2,5H,7-8H2. The van der Waals surface area contributed by atoms with Crippen LogP contribution in [0.1, 0.15) is 11.0 Å². The Labute approximate surface area is 62.4 Å². The topological polar surface area (TPSA) is 52.0 Å². The Morgan fingerprint density at radius 2 is 2.11 bits per heavy atom. The molecule has 0 aliphatic heterocycles. The lowest BCUT2D eigenvalue weighted by Gasteiger charge is -1.97. The second-order valence-electron chi connectivity index (χ2n) is 1.67. The smallest absolute Gasteiger partial charge is 0.0932 e. The highest BCUT2D eigenvalue weighted by atomic mass is 35.5. The van der Waals surface area contributed by atoms with Gasteiger partial charge in [-0.15, -0.1) is 11.3 Å². The molecule has 50 valence electrons.